The van der Waals surface area contributed by atoms with Gasteiger partial charge in [0, 0.05) is 37.4 Å². The van der Waals surface area contributed by atoms with E-state index in [0.29, 0.717) is 6.54 Å². The third kappa shape index (κ3) is 3.97. The highest BCUT2D eigenvalue weighted by molar-refractivity contribution is 5.79. The van der Waals surface area contributed by atoms with Crippen molar-refractivity contribution >= 4 is 11.9 Å². The van der Waals surface area contributed by atoms with Crippen molar-refractivity contribution in [2.75, 3.05) is 18.0 Å². The van der Waals surface area contributed by atoms with E-state index >= 15 is 0 Å². The van der Waals surface area contributed by atoms with Gasteiger partial charge in [0.25, 0.3) is 0 Å². The molecule has 1 amide bonds. The summed E-state index contributed by atoms with van der Waals surface area (Å²) >= 11 is 0. The minimum atomic E-state index is 0.0175. The highest BCUT2D eigenvalue weighted by Crippen LogP contribution is 2.26. The van der Waals surface area contributed by atoms with Crippen LogP contribution in [0.15, 0.2) is 24.4 Å². The molecule has 142 valence electrons. The average molecular weight is 364 g/mol. The Morgan fingerprint density at radius 3 is 2.89 bits per heavy atom. The average Bonchev–Trinajstić information content (AvgIpc) is 3.22. The number of aromatic nitrogens is 2. The molecule has 1 aliphatic heterocycles. The van der Waals surface area contributed by atoms with E-state index in [1.165, 1.54) is 29.5 Å². The molecule has 0 saturated carbocycles. The molecule has 2 heterocycles. The zero-order valence-electron chi connectivity index (χ0n) is 16.3. The SMILES string of the molecule is Cc1ccc(C)c(CNC(=O)C2CCc3nc(N4CCCC4)ncc3C2)c1. The van der Waals surface area contributed by atoms with Gasteiger partial charge in [-0.05, 0) is 62.6 Å². The van der Waals surface area contributed by atoms with E-state index in [9.17, 15) is 4.79 Å². The molecule has 0 radical (unpaired) electrons. The lowest BCUT2D eigenvalue weighted by molar-refractivity contribution is -0.125. The van der Waals surface area contributed by atoms with E-state index in [1.54, 1.807) is 0 Å². The third-order valence-corrected chi connectivity index (χ3v) is 5.85. The fourth-order valence-electron chi connectivity index (χ4n) is 4.11. The summed E-state index contributed by atoms with van der Waals surface area (Å²) in [4.78, 5) is 24.3. The first-order valence-electron chi connectivity index (χ1n) is 10.0. The van der Waals surface area contributed by atoms with E-state index in [0.717, 1.165) is 49.6 Å². The molecule has 1 aromatic heterocycles. The van der Waals surface area contributed by atoms with Gasteiger partial charge in [-0.3, -0.25) is 4.79 Å². The fourth-order valence-corrected chi connectivity index (χ4v) is 4.11. The van der Waals surface area contributed by atoms with Crippen LogP contribution in [0.1, 0.15) is 47.2 Å². The second-order valence-corrected chi connectivity index (χ2v) is 7.92. The molecule has 5 heteroatoms. The van der Waals surface area contributed by atoms with E-state index in [-0.39, 0.29) is 11.8 Å². The summed E-state index contributed by atoms with van der Waals surface area (Å²) in [6, 6.07) is 6.37. The molecule has 1 fully saturated rings. The summed E-state index contributed by atoms with van der Waals surface area (Å²) in [6.07, 6.45) is 6.86. The molecule has 1 unspecified atom stereocenters. The first-order valence-corrected chi connectivity index (χ1v) is 10.0. The Kier molecular flexibility index (Phi) is 5.10. The number of aryl methyl sites for hydroxylation is 3. The summed E-state index contributed by atoms with van der Waals surface area (Å²) in [6.45, 7) is 6.89. The minimum absolute atomic E-state index is 0.0175. The number of hydrogen-bond acceptors (Lipinski definition) is 4. The van der Waals surface area contributed by atoms with Gasteiger partial charge in [-0.25, -0.2) is 9.97 Å². The summed E-state index contributed by atoms with van der Waals surface area (Å²) in [5.74, 6) is 1.03. The van der Waals surface area contributed by atoms with Gasteiger partial charge in [0.15, 0.2) is 0 Å². The van der Waals surface area contributed by atoms with Gasteiger partial charge in [-0.15, -0.1) is 0 Å². The molecule has 1 aromatic carbocycles. The number of nitrogens with one attached hydrogen (secondary N) is 1. The second-order valence-electron chi connectivity index (χ2n) is 7.92. The Labute approximate surface area is 161 Å². The van der Waals surface area contributed by atoms with E-state index in [1.807, 2.05) is 6.20 Å². The Hall–Kier alpha value is -2.43. The largest absolute Gasteiger partial charge is 0.352 e. The Morgan fingerprint density at radius 1 is 1.26 bits per heavy atom. The molecule has 2 aromatic rings. The molecule has 5 nitrogen and oxygen atoms in total. The Bertz CT molecular complexity index is 842. The third-order valence-electron chi connectivity index (χ3n) is 5.85. The van der Waals surface area contributed by atoms with Crippen molar-refractivity contribution in [3.63, 3.8) is 0 Å². The van der Waals surface area contributed by atoms with Crippen molar-refractivity contribution in [1.82, 2.24) is 15.3 Å². The van der Waals surface area contributed by atoms with Crippen molar-refractivity contribution in [3.8, 4) is 0 Å². The lowest BCUT2D eigenvalue weighted by atomic mass is 9.86. The minimum Gasteiger partial charge on any atom is -0.352 e. The molecular formula is C22H28N4O. The lowest BCUT2D eigenvalue weighted by Gasteiger charge is -2.24. The standard InChI is InChI=1S/C22H28N4O/c1-15-5-6-16(2)18(11-15)13-23-21(27)17-7-8-20-19(12-17)14-24-22(25-20)26-9-3-4-10-26/h5-6,11,14,17H,3-4,7-10,12-13H2,1-2H3,(H,23,27). The summed E-state index contributed by atoms with van der Waals surface area (Å²) in [5, 5.41) is 3.14. The number of benzene rings is 1. The van der Waals surface area contributed by atoms with Crippen molar-refractivity contribution in [3.05, 3.63) is 52.3 Å². The fraction of sp³-hybridized carbons (Fsp3) is 0.500. The highest BCUT2D eigenvalue weighted by Gasteiger charge is 2.27. The van der Waals surface area contributed by atoms with Crippen LogP contribution in [-0.4, -0.2) is 29.0 Å². The number of carbonyl (C=O) groups is 1. The van der Waals surface area contributed by atoms with Gasteiger partial charge >= 0.3 is 0 Å². The van der Waals surface area contributed by atoms with Crippen LogP contribution in [0.4, 0.5) is 5.95 Å². The maximum absolute atomic E-state index is 12.7. The highest BCUT2D eigenvalue weighted by atomic mass is 16.1. The van der Waals surface area contributed by atoms with Gasteiger partial charge in [0.05, 0.1) is 0 Å². The predicted octanol–water partition coefficient (Wildman–Crippen LogP) is 3.11. The van der Waals surface area contributed by atoms with E-state index < -0.39 is 0 Å². The quantitative estimate of drug-likeness (QED) is 0.906. The van der Waals surface area contributed by atoms with Gasteiger partial charge < -0.3 is 10.2 Å². The first-order chi connectivity index (χ1) is 13.1. The topological polar surface area (TPSA) is 58.1 Å². The van der Waals surface area contributed by atoms with Crippen LogP contribution < -0.4 is 10.2 Å². The molecule has 1 N–H and O–H groups in total. The maximum atomic E-state index is 12.7. The van der Waals surface area contributed by atoms with Gasteiger partial charge in [0.2, 0.25) is 11.9 Å². The lowest BCUT2D eigenvalue weighted by Crippen LogP contribution is -2.34. The van der Waals surface area contributed by atoms with Crippen LogP contribution in [0.3, 0.4) is 0 Å². The van der Waals surface area contributed by atoms with Crippen molar-refractivity contribution in [2.24, 2.45) is 5.92 Å². The van der Waals surface area contributed by atoms with Crippen LogP contribution in [0, 0.1) is 19.8 Å². The molecule has 0 bridgehead atoms. The number of amides is 1. The van der Waals surface area contributed by atoms with E-state index in [2.05, 4.69) is 47.2 Å². The number of nitrogens with zero attached hydrogens (tertiary/aromatic N) is 3. The molecule has 0 spiro atoms. The maximum Gasteiger partial charge on any atom is 0.225 e. The summed E-state index contributed by atoms with van der Waals surface area (Å²) in [5.41, 5.74) is 5.90. The number of carbonyl (C=O) groups excluding carboxylic acids is 1. The monoisotopic (exact) mass is 364 g/mol. The molecule has 4 rings (SSSR count). The van der Waals surface area contributed by atoms with Crippen LogP contribution in [0.5, 0.6) is 0 Å². The zero-order chi connectivity index (χ0) is 18.8. The first kappa shape index (κ1) is 18.0. The van der Waals surface area contributed by atoms with Crippen LogP contribution in [0.2, 0.25) is 0 Å². The number of rotatable bonds is 4. The van der Waals surface area contributed by atoms with Gasteiger partial charge in [0.1, 0.15) is 0 Å². The van der Waals surface area contributed by atoms with Crippen molar-refractivity contribution in [2.45, 2.75) is 52.5 Å². The Morgan fingerprint density at radius 2 is 2.07 bits per heavy atom. The number of hydrogen-bond donors (Lipinski definition) is 1. The van der Waals surface area contributed by atoms with Crippen LogP contribution in [0.25, 0.3) is 0 Å². The van der Waals surface area contributed by atoms with Gasteiger partial charge in [-0.1, -0.05) is 23.8 Å². The summed E-state index contributed by atoms with van der Waals surface area (Å²) < 4.78 is 0. The van der Waals surface area contributed by atoms with E-state index in [4.69, 9.17) is 4.98 Å². The molecule has 1 aliphatic carbocycles. The molecule has 1 atom stereocenters. The van der Waals surface area contributed by atoms with Crippen molar-refractivity contribution < 1.29 is 4.79 Å². The molecule has 2 aliphatic rings. The predicted molar refractivity (Wildman–Crippen MR) is 107 cm³/mol. The molecule has 27 heavy (non-hydrogen) atoms. The summed E-state index contributed by atoms with van der Waals surface area (Å²) in [7, 11) is 0. The molecular weight excluding hydrogens is 336 g/mol. The van der Waals surface area contributed by atoms with Gasteiger partial charge in [-0.2, -0.15) is 0 Å². The van der Waals surface area contributed by atoms with Crippen LogP contribution >= 0.6 is 0 Å². The zero-order valence-corrected chi connectivity index (χ0v) is 16.3. The normalized spacial score (nSPS) is 19.0. The number of anilines is 1. The van der Waals surface area contributed by atoms with Crippen molar-refractivity contribution in [1.29, 1.82) is 0 Å². The molecule has 1 saturated heterocycles. The van der Waals surface area contributed by atoms with Crippen LogP contribution in [-0.2, 0) is 24.2 Å². The second kappa shape index (κ2) is 7.67. The Balaban J connectivity index is 1.38. The smallest absolute Gasteiger partial charge is 0.225 e. The number of fused-ring (bicyclic) bond motifs is 1.